The lowest BCUT2D eigenvalue weighted by atomic mass is 9.99. The normalized spacial score (nSPS) is 19.2. The first kappa shape index (κ1) is 19.8. The van der Waals surface area contributed by atoms with E-state index in [0.717, 1.165) is 38.4 Å². The second-order valence-electron chi connectivity index (χ2n) is 8.15. The summed E-state index contributed by atoms with van der Waals surface area (Å²) in [6.45, 7) is 6.39. The fourth-order valence-corrected chi connectivity index (χ4v) is 3.50. The molecule has 0 aromatic heterocycles. The molecule has 2 aliphatic rings. The van der Waals surface area contributed by atoms with Crippen molar-refractivity contribution in [3.05, 3.63) is 35.6 Å². The van der Waals surface area contributed by atoms with Crippen LogP contribution in [0.4, 0.5) is 4.39 Å². The number of likely N-dealkylation sites (tertiary alicyclic amines) is 1. The summed E-state index contributed by atoms with van der Waals surface area (Å²) in [5.41, 5.74) is 0.359. The molecule has 6 heteroatoms. The zero-order chi connectivity index (χ0) is 19.4. The summed E-state index contributed by atoms with van der Waals surface area (Å²) >= 11 is 0. The van der Waals surface area contributed by atoms with Gasteiger partial charge in [0.25, 0.3) is 5.91 Å². The van der Waals surface area contributed by atoms with Gasteiger partial charge in [0.1, 0.15) is 11.9 Å². The van der Waals surface area contributed by atoms with Crippen molar-refractivity contribution in [2.24, 2.45) is 11.8 Å². The second kappa shape index (κ2) is 8.83. The van der Waals surface area contributed by atoms with Crippen molar-refractivity contribution in [3.8, 4) is 0 Å². The Kier molecular flexibility index (Phi) is 6.47. The number of halogens is 1. The Hall–Kier alpha value is -1.95. The molecule has 1 aromatic rings. The van der Waals surface area contributed by atoms with E-state index >= 15 is 0 Å². The van der Waals surface area contributed by atoms with Crippen LogP contribution in [0.15, 0.2) is 24.3 Å². The molecular weight excluding hydrogens is 345 g/mol. The minimum Gasteiger partial charge on any atom is -0.341 e. The van der Waals surface area contributed by atoms with E-state index in [1.54, 1.807) is 0 Å². The third-order valence-corrected chi connectivity index (χ3v) is 5.52. The Bertz CT molecular complexity index is 650. The molecule has 5 nitrogen and oxygen atoms in total. The Morgan fingerprint density at radius 2 is 1.74 bits per heavy atom. The van der Waals surface area contributed by atoms with Crippen LogP contribution in [0, 0.1) is 17.7 Å². The fraction of sp³-hybridized carbons (Fsp3) is 0.619. The monoisotopic (exact) mass is 375 g/mol. The fourth-order valence-electron chi connectivity index (χ4n) is 3.50. The largest absolute Gasteiger partial charge is 0.341 e. The zero-order valence-corrected chi connectivity index (χ0v) is 16.2. The van der Waals surface area contributed by atoms with Crippen LogP contribution in [-0.4, -0.2) is 48.4 Å². The van der Waals surface area contributed by atoms with Crippen LogP contribution in [0.1, 0.15) is 49.9 Å². The van der Waals surface area contributed by atoms with Gasteiger partial charge in [0.15, 0.2) is 0 Å². The molecule has 2 N–H and O–H groups in total. The number of amides is 2. The molecule has 1 saturated carbocycles. The number of rotatable bonds is 7. The van der Waals surface area contributed by atoms with E-state index in [1.807, 2.05) is 18.7 Å². The third-order valence-electron chi connectivity index (χ3n) is 5.52. The first-order valence-corrected chi connectivity index (χ1v) is 10.0. The molecule has 27 heavy (non-hydrogen) atoms. The van der Waals surface area contributed by atoms with Gasteiger partial charge in [-0.1, -0.05) is 13.8 Å². The van der Waals surface area contributed by atoms with Gasteiger partial charge in [-0.15, -0.1) is 0 Å². The summed E-state index contributed by atoms with van der Waals surface area (Å²) in [6.07, 6.45) is 4.59. The van der Waals surface area contributed by atoms with Crippen molar-refractivity contribution in [1.29, 1.82) is 0 Å². The number of carbonyl (C=O) groups is 2. The topological polar surface area (TPSA) is 61.4 Å². The van der Waals surface area contributed by atoms with Crippen molar-refractivity contribution in [2.75, 3.05) is 19.6 Å². The van der Waals surface area contributed by atoms with Crippen LogP contribution in [0.5, 0.6) is 0 Å². The van der Waals surface area contributed by atoms with E-state index in [0.29, 0.717) is 11.6 Å². The Labute approximate surface area is 160 Å². The van der Waals surface area contributed by atoms with Gasteiger partial charge in [-0.2, -0.15) is 0 Å². The summed E-state index contributed by atoms with van der Waals surface area (Å²) in [7, 11) is 0. The van der Waals surface area contributed by atoms with Crippen molar-refractivity contribution < 1.29 is 14.0 Å². The minimum atomic E-state index is -0.571. The SMILES string of the molecule is CC(C)C(NC(=O)c1ccc(F)cc1)C(=O)N1CCC(NCC2CC2)CC1. The van der Waals surface area contributed by atoms with Crippen LogP contribution in [0.2, 0.25) is 0 Å². The van der Waals surface area contributed by atoms with Gasteiger partial charge in [-0.25, -0.2) is 4.39 Å². The number of benzene rings is 1. The molecule has 1 aliphatic heterocycles. The molecule has 1 atom stereocenters. The van der Waals surface area contributed by atoms with Gasteiger partial charge < -0.3 is 15.5 Å². The maximum absolute atomic E-state index is 13.0. The maximum atomic E-state index is 13.0. The van der Waals surface area contributed by atoms with E-state index in [4.69, 9.17) is 0 Å². The number of carbonyl (C=O) groups excluding carboxylic acids is 2. The number of hydrogen-bond donors (Lipinski definition) is 2. The van der Waals surface area contributed by atoms with Crippen molar-refractivity contribution >= 4 is 11.8 Å². The molecule has 0 spiro atoms. The Morgan fingerprint density at radius 1 is 1.11 bits per heavy atom. The van der Waals surface area contributed by atoms with E-state index in [1.165, 1.54) is 37.1 Å². The predicted octanol–water partition coefficient (Wildman–Crippen LogP) is 2.57. The van der Waals surface area contributed by atoms with E-state index < -0.39 is 6.04 Å². The van der Waals surface area contributed by atoms with E-state index in [2.05, 4.69) is 10.6 Å². The zero-order valence-electron chi connectivity index (χ0n) is 16.2. The second-order valence-corrected chi connectivity index (χ2v) is 8.15. The highest BCUT2D eigenvalue weighted by molar-refractivity contribution is 5.97. The molecule has 2 fully saturated rings. The minimum absolute atomic E-state index is 0.0207. The molecular formula is C21H30FN3O2. The molecule has 3 rings (SSSR count). The number of hydrogen-bond acceptors (Lipinski definition) is 3. The molecule has 2 amide bonds. The predicted molar refractivity (Wildman–Crippen MR) is 103 cm³/mol. The van der Waals surface area contributed by atoms with Crippen molar-refractivity contribution in [2.45, 2.75) is 51.6 Å². The molecule has 0 bridgehead atoms. The first-order chi connectivity index (χ1) is 12.9. The van der Waals surface area contributed by atoms with Gasteiger partial charge in [0, 0.05) is 24.7 Å². The summed E-state index contributed by atoms with van der Waals surface area (Å²) < 4.78 is 13.0. The van der Waals surface area contributed by atoms with Gasteiger partial charge >= 0.3 is 0 Å². The Morgan fingerprint density at radius 3 is 2.30 bits per heavy atom. The lowest BCUT2D eigenvalue weighted by Gasteiger charge is -2.35. The number of piperidine rings is 1. The standard InChI is InChI=1S/C21H30FN3O2/c1-14(2)19(24-20(26)16-5-7-17(22)8-6-16)21(27)25-11-9-18(10-12-25)23-13-15-3-4-15/h5-8,14-15,18-19,23H,3-4,9-13H2,1-2H3,(H,24,26). The number of nitrogens with zero attached hydrogens (tertiary/aromatic N) is 1. The van der Waals surface area contributed by atoms with Gasteiger partial charge in [-0.05, 0) is 68.3 Å². The smallest absolute Gasteiger partial charge is 0.251 e. The molecule has 1 heterocycles. The van der Waals surface area contributed by atoms with Crippen LogP contribution in [-0.2, 0) is 4.79 Å². The lowest BCUT2D eigenvalue weighted by Crippen LogP contribution is -2.54. The quantitative estimate of drug-likeness (QED) is 0.770. The summed E-state index contributed by atoms with van der Waals surface area (Å²) in [5.74, 6) is 0.0783. The maximum Gasteiger partial charge on any atom is 0.251 e. The van der Waals surface area contributed by atoms with Gasteiger partial charge in [-0.3, -0.25) is 9.59 Å². The summed E-state index contributed by atoms with van der Waals surface area (Å²) in [6, 6.07) is 5.29. The average Bonchev–Trinajstić information content (AvgIpc) is 3.49. The molecule has 1 aromatic carbocycles. The van der Waals surface area contributed by atoms with Crippen LogP contribution < -0.4 is 10.6 Å². The molecule has 0 radical (unpaired) electrons. The van der Waals surface area contributed by atoms with Crippen LogP contribution >= 0.6 is 0 Å². The summed E-state index contributed by atoms with van der Waals surface area (Å²) in [4.78, 5) is 27.3. The Balaban J connectivity index is 1.53. The molecule has 1 aliphatic carbocycles. The van der Waals surface area contributed by atoms with E-state index in [9.17, 15) is 14.0 Å². The third kappa shape index (κ3) is 5.51. The van der Waals surface area contributed by atoms with Gasteiger partial charge in [0.2, 0.25) is 5.91 Å². The van der Waals surface area contributed by atoms with E-state index in [-0.39, 0.29) is 23.5 Å². The molecule has 148 valence electrons. The highest BCUT2D eigenvalue weighted by atomic mass is 19.1. The van der Waals surface area contributed by atoms with Crippen molar-refractivity contribution in [3.63, 3.8) is 0 Å². The lowest BCUT2D eigenvalue weighted by molar-refractivity contribution is -0.135. The highest BCUT2D eigenvalue weighted by Crippen LogP contribution is 2.28. The summed E-state index contributed by atoms with van der Waals surface area (Å²) in [5, 5.41) is 6.46. The average molecular weight is 375 g/mol. The highest BCUT2D eigenvalue weighted by Gasteiger charge is 2.32. The number of nitrogens with one attached hydrogen (secondary N) is 2. The van der Waals surface area contributed by atoms with Gasteiger partial charge in [0.05, 0.1) is 0 Å². The first-order valence-electron chi connectivity index (χ1n) is 10.0. The molecule has 1 saturated heterocycles. The van der Waals surface area contributed by atoms with Crippen molar-refractivity contribution in [1.82, 2.24) is 15.5 Å². The van der Waals surface area contributed by atoms with Crippen LogP contribution in [0.25, 0.3) is 0 Å². The molecule has 1 unspecified atom stereocenters. The van der Waals surface area contributed by atoms with Crippen LogP contribution in [0.3, 0.4) is 0 Å².